The lowest BCUT2D eigenvalue weighted by molar-refractivity contribution is -0.145. The van der Waals surface area contributed by atoms with Crippen LogP contribution in [0, 0.1) is 0 Å². The second-order valence-electron chi connectivity index (χ2n) is 5.59. The zero-order chi connectivity index (χ0) is 17.3. The number of alkyl halides is 1. The van der Waals surface area contributed by atoms with Crippen LogP contribution in [-0.4, -0.2) is 49.5 Å². The standard InChI is InChI=1S/C16H17BrN2O4S/c1-10-11(7-17)8-19-15(21)14(16(19)24(10)22)18-13(20)9-23-12-5-3-2-4-6-12/h2-6,8,10,14,16H,7,9H2,1H3,(H,18,20)/t10?,14?,16-,24?/m1/s1. The number of carbonyl (C=O) groups excluding carboxylic acids is 2. The monoisotopic (exact) mass is 412 g/mol. The fraction of sp³-hybridized carbons (Fsp3) is 0.375. The zero-order valence-electron chi connectivity index (χ0n) is 13.0. The number of halogens is 1. The van der Waals surface area contributed by atoms with Crippen molar-refractivity contribution in [3.05, 3.63) is 42.1 Å². The number of amides is 2. The fourth-order valence-electron chi connectivity index (χ4n) is 2.67. The van der Waals surface area contributed by atoms with Crippen LogP contribution in [0.15, 0.2) is 42.1 Å². The van der Waals surface area contributed by atoms with E-state index in [9.17, 15) is 13.8 Å². The minimum Gasteiger partial charge on any atom is -0.484 e. The van der Waals surface area contributed by atoms with Crippen LogP contribution in [0.25, 0.3) is 0 Å². The van der Waals surface area contributed by atoms with E-state index in [2.05, 4.69) is 21.2 Å². The molecule has 1 saturated heterocycles. The summed E-state index contributed by atoms with van der Waals surface area (Å²) in [6.45, 7) is 1.67. The van der Waals surface area contributed by atoms with Crippen LogP contribution in [0.4, 0.5) is 0 Å². The predicted molar refractivity (Wildman–Crippen MR) is 94.0 cm³/mol. The van der Waals surface area contributed by atoms with Gasteiger partial charge in [-0.2, -0.15) is 0 Å². The number of fused-ring (bicyclic) bond motifs is 1. The maximum Gasteiger partial charge on any atom is 0.258 e. The molecular formula is C16H17BrN2O4S. The molecule has 0 radical (unpaired) electrons. The molecule has 24 heavy (non-hydrogen) atoms. The lowest BCUT2D eigenvalue weighted by Crippen LogP contribution is -2.72. The highest BCUT2D eigenvalue weighted by molar-refractivity contribution is 9.09. The van der Waals surface area contributed by atoms with E-state index in [1.807, 2.05) is 13.0 Å². The van der Waals surface area contributed by atoms with Crippen molar-refractivity contribution in [2.75, 3.05) is 11.9 Å². The summed E-state index contributed by atoms with van der Waals surface area (Å²) in [6.07, 6.45) is 1.73. The van der Waals surface area contributed by atoms with Crippen molar-refractivity contribution in [1.82, 2.24) is 10.2 Å². The third-order valence-electron chi connectivity index (χ3n) is 4.08. The maximum absolute atomic E-state index is 12.5. The Morgan fingerprint density at radius 3 is 2.75 bits per heavy atom. The van der Waals surface area contributed by atoms with Crippen LogP contribution in [-0.2, 0) is 20.4 Å². The number of nitrogens with one attached hydrogen (secondary N) is 1. The molecule has 8 heteroatoms. The van der Waals surface area contributed by atoms with Crippen molar-refractivity contribution in [2.24, 2.45) is 0 Å². The third kappa shape index (κ3) is 3.12. The lowest BCUT2D eigenvalue weighted by atomic mass is 10.1. The van der Waals surface area contributed by atoms with Gasteiger partial charge in [0.25, 0.3) is 11.8 Å². The van der Waals surface area contributed by atoms with Crippen LogP contribution in [0.5, 0.6) is 5.75 Å². The molecule has 128 valence electrons. The minimum atomic E-state index is -1.26. The van der Waals surface area contributed by atoms with Gasteiger partial charge in [0.15, 0.2) is 6.61 Å². The van der Waals surface area contributed by atoms with E-state index in [0.717, 1.165) is 5.57 Å². The molecule has 1 aromatic carbocycles. The van der Waals surface area contributed by atoms with E-state index in [0.29, 0.717) is 11.1 Å². The molecule has 0 spiro atoms. The summed E-state index contributed by atoms with van der Waals surface area (Å²) < 4.78 is 17.9. The van der Waals surface area contributed by atoms with Gasteiger partial charge in [-0.3, -0.25) is 18.7 Å². The van der Waals surface area contributed by atoms with Gasteiger partial charge < -0.3 is 10.1 Å². The largest absolute Gasteiger partial charge is 0.484 e. The first-order valence-corrected chi connectivity index (χ1v) is 9.88. The number of hydrogen-bond donors (Lipinski definition) is 1. The van der Waals surface area contributed by atoms with Crippen molar-refractivity contribution in [2.45, 2.75) is 23.6 Å². The van der Waals surface area contributed by atoms with E-state index in [1.165, 1.54) is 4.90 Å². The minimum absolute atomic E-state index is 0.154. The Hall–Kier alpha value is -1.67. The highest BCUT2D eigenvalue weighted by Crippen LogP contribution is 2.33. The van der Waals surface area contributed by atoms with Gasteiger partial charge in [-0.15, -0.1) is 0 Å². The van der Waals surface area contributed by atoms with Crippen LogP contribution in [0.1, 0.15) is 6.92 Å². The van der Waals surface area contributed by atoms with Gasteiger partial charge in [-0.25, -0.2) is 0 Å². The van der Waals surface area contributed by atoms with Gasteiger partial charge in [0.05, 0.1) is 16.0 Å². The highest BCUT2D eigenvalue weighted by Gasteiger charge is 2.54. The predicted octanol–water partition coefficient (Wildman–Crippen LogP) is 1.15. The van der Waals surface area contributed by atoms with Crippen LogP contribution in [0.3, 0.4) is 0 Å². The Kier molecular flexibility index (Phi) is 5.05. The summed E-state index contributed by atoms with van der Waals surface area (Å²) in [5.41, 5.74) is 0.912. The third-order valence-corrected chi connectivity index (χ3v) is 6.70. The quantitative estimate of drug-likeness (QED) is 0.581. The van der Waals surface area contributed by atoms with Gasteiger partial charge in [0.1, 0.15) is 17.2 Å². The summed E-state index contributed by atoms with van der Waals surface area (Å²) >= 11 is 3.34. The summed E-state index contributed by atoms with van der Waals surface area (Å²) in [6, 6.07) is 8.19. The number of β-lactam (4-membered cyclic amide) rings is 1. The van der Waals surface area contributed by atoms with E-state index in [4.69, 9.17) is 4.74 Å². The van der Waals surface area contributed by atoms with Crippen molar-refractivity contribution in [3.8, 4) is 5.75 Å². The maximum atomic E-state index is 12.5. The van der Waals surface area contributed by atoms with Crippen molar-refractivity contribution < 1.29 is 18.5 Å². The molecule has 1 N–H and O–H groups in total. The highest BCUT2D eigenvalue weighted by atomic mass is 79.9. The number of hydrogen-bond acceptors (Lipinski definition) is 4. The molecular weight excluding hydrogens is 396 g/mol. The summed E-state index contributed by atoms with van der Waals surface area (Å²) in [4.78, 5) is 25.7. The van der Waals surface area contributed by atoms with E-state index in [-0.39, 0.29) is 17.8 Å². The molecule has 1 fully saturated rings. The zero-order valence-corrected chi connectivity index (χ0v) is 15.4. The van der Waals surface area contributed by atoms with Crippen LogP contribution in [0.2, 0.25) is 0 Å². The van der Waals surface area contributed by atoms with Crippen molar-refractivity contribution in [3.63, 3.8) is 0 Å². The molecule has 3 rings (SSSR count). The molecule has 1 aromatic rings. The first kappa shape index (κ1) is 17.2. The van der Waals surface area contributed by atoms with Crippen LogP contribution < -0.4 is 10.1 Å². The molecule has 0 aromatic heterocycles. The van der Waals surface area contributed by atoms with Gasteiger partial charge in [-0.1, -0.05) is 34.1 Å². The van der Waals surface area contributed by atoms with Crippen LogP contribution >= 0.6 is 15.9 Å². The summed E-state index contributed by atoms with van der Waals surface area (Å²) in [5.74, 6) is -0.0718. The van der Waals surface area contributed by atoms with Gasteiger partial charge >= 0.3 is 0 Å². The second-order valence-corrected chi connectivity index (χ2v) is 8.00. The average molecular weight is 413 g/mol. The molecule has 4 atom stereocenters. The molecule has 2 aliphatic heterocycles. The van der Waals surface area contributed by atoms with Crippen molar-refractivity contribution in [1.29, 1.82) is 0 Å². The van der Waals surface area contributed by atoms with Crippen molar-refractivity contribution >= 4 is 38.5 Å². The normalized spacial score (nSPS) is 28.5. The van der Waals surface area contributed by atoms with E-state index < -0.39 is 28.1 Å². The second kappa shape index (κ2) is 7.06. The van der Waals surface area contributed by atoms with E-state index in [1.54, 1.807) is 30.5 Å². The van der Waals surface area contributed by atoms with Gasteiger partial charge in [0.2, 0.25) is 0 Å². The molecule has 2 amide bonds. The van der Waals surface area contributed by atoms with Gasteiger partial charge in [-0.05, 0) is 24.6 Å². The topological polar surface area (TPSA) is 75.7 Å². The summed E-state index contributed by atoms with van der Waals surface area (Å²) in [5, 5.41) is 2.54. The Balaban J connectivity index is 1.60. The molecule has 0 aliphatic carbocycles. The Labute approximate surface area is 150 Å². The Morgan fingerprint density at radius 2 is 2.08 bits per heavy atom. The first-order valence-electron chi connectivity index (χ1n) is 7.48. The molecule has 3 unspecified atom stereocenters. The number of benzene rings is 1. The molecule has 0 saturated carbocycles. The Morgan fingerprint density at radius 1 is 1.38 bits per heavy atom. The Bertz CT molecular complexity index is 709. The average Bonchev–Trinajstić information content (AvgIpc) is 2.61. The molecule has 0 bridgehead atoms. The molecule has 2 aliphatic rings. The number of rotatable bonds is 5. The molecule has 2 heterocycles. The lowest BCUT2D eigenvalue weighted by Gasteiger charge is -2.48. The van der Waals surface area contributed by atoms with Gasteiger partial charge in [0, 0.05) is 11.5 Å². The number of ether oxygens (including phenoxy) is 1. The number of carbonyl (C=O) groups is 2. The number of nitrogens with zero attached hydrogens (tertiary/aromatic N) is 1. The van der Waals surface area contributed by atoms with E-state index >= 15 is 0 Å². The molecule has 6 nitrogen and oxygen atoms in total. The smallest absolute Gasteiger partial charge is 0.258 e. The first-order chi connectivity index (χ1) is 11.5. The SMILES string of the molecule is CC1C(CBr)=CN2C(=O)C(NC(=O)COc3ccccc3)[C@H]2S1=O. The summed E-state index contributed by atoms with van der Waals surface area (Å²) in [7, 11) is -1.26. The number of para-hydroxylation sites is 1. The fourth-order valence-corrected chi connectivity index (χ4v) is 5.22.